The number of carboxylic acid groups (broad SMARTS) is 1. The molecule has 0 saturated heterocycles. The van der Waals surface area contributed by atoms with Crippen LogP contribution in [0.2, 0.25) is 0 Å². The number of hydrogen-bond donors (Lipinski definition) is 7. The molecule has 0 radical (unpaired) electrons. The van der Waals surface area contributed by atoms with E-state index >= 15 is 0 Å². The second kappa shape index (κ2) is 12.5. The molecule has 0 saturated carbocycles. The molecule has 0 heterocycles. The molecule has 0 bridgehead atoms. The summed E-state index contributed by atoms with van der Waals surface area (Å²) in [5.41, 5.74) is 4.95. The summed E-state index contributed by atoms with van der Waals surface area (Å²) in [4.78, 5) is 10.5. The van der Waals surface area contributed by atoms with E-state index in [0.717, 1.165) is 12.1 Å². The first-order chi connectivity index (χ1) is 16.5. The quantitative estimate of drug-likeness (QED) is 0.144. The molecule has 0 aliphatic rings. The molecule has 1 atom stereocenters. The van der Waals surface area contributed by atoms with Crippen LogP contribution in [0.15, 0.2) is 77.7 Å². The molecule has 10 nitrogen and oxygen atoms in total. The Bertz CT molecular complexity index is 1260. The van der Waals surface area contributed by atoms with Gasteiger partial charge in [0.15, 0.2) is 0 Å². The summed E-state index contributed by atoms with van der Waals surface area (Å²) in [5.74, 6) is 0.00259. The number of nitrogens with two attached hydrogens (primary N) is 1. The van der Waals surface area contributed by atoms with Gasteiger partial charge in [-0.15, -0.1) is 0 Å². The summed E-state index contributed by atoms with van der Waals surface area (Å²) in [5, 5.41) is 35.3. The van der Waals surface area contributed by atoms with E-state index in [4.69, 9.17) is 20.9 Å². The van der Waals surface area contributed by atoms with Crippen molar-refractivity contribution in [3.8, 4) is 11.1 Å². The van der Waals surface area contributed by atoms with Crippen molar-refractivity contribution >= 4 is 33.3 Å². The lowest BCUT2D eigenvalue weighted by Crippen LogP contribution is -2.19. The number of hydrogen-bond acceptors (Lipinski definition) is 6. The van der Waals surface area contributed by atoms with Crippen molar-refractivity contribution in [1.29, 1.82) is 5.41 Å². The Labute approximate surface area is 204 Å². The molecule has 8 N–H and O–H groups in total. The topological polar surface area (TPSA) is 178 Å². The highest BCUT2D eigenvalue weighted by molar-refractivity contribution is 7.89. The van der Waals surface area contributed by atoms with Gasteiger partial charge >= 0.3 is 6.09 Å². The van der Waals surface area contributed by atoms with Gasteiger partial charge in [0, 0.05) is 28.5 Å². The number of anilines is 2. The fourth-order valence-corrected chi connectivity index (χ4v) is 3.79. The zero-order valence-electron chi connectivity index (χ0n) is 19.3. The normalized spacial score (nSPS) is 11.4. The maximum Gasteiger partial charge on any atom is 0.409 e. The van der Waals surface area contributed by atoms with Crippen molar-refractivity contribution < 1.29 is 23.5 Å². The first kappa shape index (κ1) is 27.3. The van der Waals surface area contributed by atoms with Crippen LogP contribution in [0.3, 0.4) is 0 Å². The van der Waals surface area contributed by atoms with Crippen molar-refractivity contribution in [1.82, 2.24) is 5.48 Å². The van der Waals surface area contributed by atoms with Crippen LogP contribution in [0.5, 0.6) is 0 Å². The molecule has 11 heteroatoms. The van der Waals surface area contributed by atoms with E-state index in [-0.39, 0.29) is 10.7 Å². The van der Waals surface area contributed by atoms with Crippen LogP contribution in [0.4, 0.5) is 16.2 Å². The van der Waals surface area contributed by atoms with Crippen LogP contribution in [-0.2, 0) is 10.0 Å². The molecule has 0 fully saturated rings. The summed E-state index contributed by atoms with van der Waals surface area (Å²) in [6.07, 6.45) is -0.123. The lowest BCUT2D eigenvalue weighted by molar-refractivity contribution is 0.209. The highest BCUT2D eigenvalue weighted by Crippen LogP contribution is 2.27. The molecule has 3 aromatic carbocycles. The van der Waals surface area contributed by atoms with E-state index in [1.807, 2.05) is 23.7 Å². The fourth-order valence-electron chi connectivity index (χ4n) is 3.03. The van der Waals surface area contributed by atoms with Gasteiger partial charge in [-0.2, -0.15) is 0 Å². The second-order valence-electron chi connectivity index (χ2n) is 7.57. The summed E-state index contributed by atoms with van der Waals surface area (Å²) in [7, 11) is -3.82. The highest BCUT2D eigenvalue weighted by atomic mass is 32.2. The maximum atomic E-state index is 11.5. The van der Waals surface area contributed by atoms with Gasteiger partial charge < -0.3 is 10.4 Å². The van der Waals surface area contributed by atoms with Crippen LogP contribution in [-0.4, -0.2) is 36.7 Å². The molecule has 0 spiro atoms. The summed E-state index contributed by atoms with van der Waals surface area (Å²) < 4.78 is 23.1. The zero-order chi connectivity index (χ0) is 26.0. The molecule has 0 aliphatic heterocycles. The first-order valence-electron chi connectivity index (χ1n) is 10.6. The van der Waals surface area contributed by atoms with Gasteiger partial charge in [-0.1, -0.05) is 49.4 Å². The maximum absolute atomic E-state index is 11.5. The lowest BCUT2D eigenvalue weighted by Gasteiger charge is -2.13. The second-order valence-corrected chi connectivity index (χ2v) is 9.10. The third-order valence-corrected chi connectivity index (χ3v) is 5.90. The average Bonchev–Trinajstić information content (AvgIpc) is 2.83. The lowest BCUT2D eigenvalue weighted by atomic mass is 10.1. The van der Waals surface area contributed by atoms with Crippen LogP contribution < -0.4 is 21.3 Å². The number of primary sulfonamides is 1. The van der Waals surface area contributed by atoms with Crippen LogP contribution in [0.1, 0.15) is 25.8 Å². The van der Waals surface area contributed by atoms with Gasteiger partial charge in [-0.25, -0.2) is 18.4 Å². The molecule has 0 aliphatic carbocycles. The van der Waals surface area contributed by atoms with Gasteiger partial charge in [-0.3, -0.25) is 21.4 Å². The molecule has 35 heavy (non-hydrogen) atoms. The van der Waals surface area contributed by atoms with Crippen molar-refractivity contribution in [2.45, 2.75) is 31.2 Å². The fraction of sp³-hybridized carbons (Fsp3) is 0.167. The smallest absolute Gasteiger partial charge is 0.409 e. The van der Waals surface area contributed by atoms with Crippen molar-refractivity contribution in [2.24, 2.45) is 5.14 Å². The number of amidine groups is 1. The van der Waals surface area contributed by atoms with Gasteiger partial charge in [0.1, 0.15) is 5.84 Å². The molecular weight excluding hydrogens is 470 g/mol. The Morgan fingerprint density at radius 2 is 1.69 bits per heavy atom. The van der Waals surface area contributed by atoms with Gasteiger partial charge in [0.05, 0.1) is 4.90 Å². The SMILES string of the molecule is CC[C@H](C)Nc1cccc(C(=N)NO)c1.NS(=O)(=O)c1ccccc1-c1ccc(NC(=O)O)cc1. The number of rotatable bonds is 7. The van der Waals surface area contributed by atoms with Gasteiger partial charge in [0.2, 0.25) is 10.0 Å². The van der Waals surface area contributed by atoms with Gasteiger partial charge in [-0.05, 0) is 49.2 Å². The van der Waals surface area contributed by atoms with E-state index < -0.39 is 16.1 Å². The number of benzene rings is 3. The van der Waals surface area contributed by atoms with E-state index in [9.17, 15) is 13.2 Å². The van der Waals surface area contributed by atoms with Crippen LogP contribution in [0, 0.1) is 5.41 Å². The van der Waals surface area contributed by atoms with Crippen molar-refractivity contribution in [3.63, 3.8) is 0 Å². The van der Waals surface area contributed by atoms with E-state index in [1.165, 1.54) is 6.07 Å². The Balaban J connectivity index is 0.000000258. The van der Waals surface area contributed by atoms with Crippen LogP contribution in [0.25, 0.3) is 11.1 Å². The average molecular weight is 500 g/mol. The third kappa shape index (κ3) is 8.41. The number of carbonyl (C=O) groups is 1. The number of amides is 1. The first-order valence-corrected chi connectivity index (χ1v) is 12.2. The minimum Gasteiger partial charge on any atom is -0.465 e. The highest BCUT2D eigenvalue weighted by Gasteiger charge is 2.14. The third-order valence-electron chi connectivity index (χ3n) is 4.93. The Morgan fingerprint density at radius 1 is 1.03 bits per heavy atom. The Morgan fingerprint density at radius 3 is 2.26 bits per heavy atom. The summed E-state index contributed by atoms with van der Waals surface area (Å²) in [6, 6.07) is 20.5. The Kier molecular flexibility index (Phi) is 9.76. The van der Waals surface area contributed by atoms with Crippen LogP contribution >= 0.6 is 0 Å². The van der Waals surface area contributed by atoms with E-state index in [1.54, 1.807) is 48.5 Å². The largest absolute Gasteiger partial charge is 0.465 e. The summed E-state index contributed by atoms with van der Waals surface area (Å²) in [6.45, 7) is 4.21. The zero-order valence-corrected chi connectivity index (χ0v) is 20.1. The van der Waals surface area contributed by atoms with E-state index in [0.29, 0.717) is 28.4 Å². The predicted octanol–water partition coefficient (Wildman–Crippen LogP) is 4.29. The molecule has 0 unspecified atom stereocenters. The minimum atomic E-state index is -3.82. The molecule has 1 amide bonds. The van der Waals surface area contributed by atoms with Crippen molar-refractivity contribution in [2.75, 3.05) is 10.6 Å². The molecule has 186 valence electrons. The van der Waals surface area contributed by atoms with E-state index in [2.05, 4.69) is 24.5 Å². The number of nitrogens with one attached hydrogen (secondary N) is 4. The molecule has 3 aromatic rings. The molecule has 0 aromatic heterocycles. The van der Waals surface area contributed by atoms with Gasteiger partial charge in [0.25, 0.3) is 0 Å². The predicted molar refractivity (Wildman–Crippen MR) is 136 cm³/mol. The molecule has 3 rings (SSSR count). The number of hydroxylamine groups is 1. The minimum absolute atomic E-state index is 0.00259. The number of sulfonamides is 1. The Hall–Kier alpha value is -3.93. The monoisotopic (exact) mass is 499 g/mol. The standard InChI is InChI=1S/C13H12N2O4S.C11H17N3O/c14-20(18,19)12-4-2-1-3-11(12)9-5-7-10(8-6-9)15-13(16)17;1-3-8(2)13-10-6-4-5-9(7-10)11(12)14-15/h1-8,15H,(H,16,17)(H2,14,18,19);4-8,13,15H,3H2,1-2H3,(H2,12,14)/t;8-/m.0/s1. The summed E-state index contributed by atoms with van der Waals surface area (Å²) >= 11 is 0. The van der Waals surface area contributed by atoms with Crippen molar-refractivity contribution in [3.05, 3.63) is 78.4 Å². The molecular formula is C24H29N5O5S.